The molecular formula is C32H54N2O6. The van der Waals surface area contributed by atoms with Gasteiger partial charge in [0.25, 0.3) is 0 Å². The van der Waals surface area contributed by atoms with Gasteiger partial charge in [-0.15, -0.1) is 0 Å². The van der Waals surface area contributed by atoms with Crippen molar-refractivity contribution in [3.05, 3.63) is 36.6 Å². The second-order valence-electron chi connectivity index (χ2n) is 12.3. The van der Waals surface area contributed by atoms with Crippen LogP contribution in [0.3, 0.4) is 0 Å². The van der Waals surface area contributed by atoms with Crippen LogP contribution < -0.4 is 20.5 Å². The van der Waals surface area contributed by atoms with E-state index in [0.29, 0.717) is 43.0 Å². The molecule has 8 heteroatoms. The lowest BCUT2D eigenvalue weighted by molar-refractivity contribution is -0.130. The number of ether oxygens (including phenoxy) is 3. The van der Waals surface area contributed by atoms with E-state index in [2.05, 4.69) is 32.7 Å². The van der Waals surface area contributed by atoms with E-state index >= 15 is 0 Å². The number of nitrogens with one attached hydrogen (secondary N) is 1. The van der Waals surface area contributed by atoms with Gasteiger partial charge in [-0.05, 0) is 74.5 Å². The first-order valence-corrected chi connectivity index (χ1v) is 14.5. The van der Waals surface area contributed by atoms with Gasteiger partial charge in [0.05, 0.1) is 24.4 Å². The molecule has 1 aromatic rings. The van der Waals surface area contributed by atoms with Gasteiger partial charge in [-0.3, -0.25) is 9.59 Å². The van der Waals surface area contributed by atoms with Crippen molar-refractivity contribution in [3.8, 4) is 11.5 Å². The molecule has 4 unspecified atom stereocenters. The van der Waals surface area contributed by atoms with Crippen molar-refractivity contribution in [2.75, 3.05) is 26.9 Å². The summed E-state index contributed by atoms with van der Waals surface area (Å²) < 4.78 is 16.6. The van der Waals surface area contributed by atoms with Crippen LogP contribution in [0.1, 0.15) is 73.3 Å². The molecule has 1 aromatic carbocycles. The van der Waals surface area contributed by atoms with Crippen molar-refractivity contribution in [3.63, 3.8) is 0 Å². The van der Waals surface area contributed by atoms with Crippen LogP contribution in [0.25, 0.3) is 0 Å². The normalized spacial score (nSPS) is 14.9. The van der Waals surface area contributed by atoms with Crippen molar-refractivity contribution in [1.29, 1.82) is 0 Å². The maximum Gasteiger partial charge on any atom is 0.224 e. The number of amides is 2. The second kappa shape index (κ2) is 17.3. The van der Waals surface area contributed by atoms with Crippen LogP contribution in [0.4, 0.5) is 0 Å². The van der Waals surface area contributed by atoms with E-state index in [0.717, 1.165) is 24.8 Å². The smallest absolute Gasteiger partial charge is 0.224 e. The lowest BCUT2D eigenvalue weighted by atomic mass is 9.78. The number of hydrogen-bond acceptors (Lipinski definition) is 6. The summed E-state index contributed by atoms with van der Waals surface area (Å²) in [5.74, 6) is 1.06. The Hall–Kier alpha value is -2.58. The highest BCUT2D eigenvalue weighted by Crippen LogP contribution is 2.33. The Morgan fingerprint density at radius 3 is 2.30 bits per heavy atom. The Morgan fingerprint density at radius 2 is 1.75 bits per heavy atom. The van der Waals surface area contributed by atoms with Crippen LogP contribution >= 0.6 is 0 Å². The van der Waals surface area contributed by atoms with Crippen LogP contribution in [-0.4, -0.2) is 49.9 Å². The van der Waals surface area contributed by atoms with E-state index in [9.17, 15) is 14.7 Å². The summed E-state index contributed by atoms with van der Waals surface area (Å²) in [5, 5.41) is 14.0. The maximum atomic E-state index is 13.0. The molecule has 0 saturated carbocycles. The fourth-order valence-corrected chi connectivity index (χ4v) is 4.59. The van der Waals surface area contributed by atoms with Crippen LogP contribution in [0.15, 0.2) is 31.0 Å². The van der Waals surface area contributed by atoms with E-state index in [4.69, 9.17) is 19.9 Å². The summed E-state index contributed by atoms with van der Waals surface area (Å²) in [5.41, 5.74) is 5.75. The van der Waals surface area contributed by atoms with Crippen LogP contribution in [0.2, 0.25) is 0 Å². The summed E-state index contributed by atoms with van der Waals surface area (Å²) in [6.45, 7) is 18.8. The molecule has 0 heterocycles. The van der Waals surface area contributed by atoms with Gasteiger partial charge in [-0.2, -0.15) is 0 Å². The van der Waals surface area contributed by atoms with Crippen LogP contribution in [-0.2, 0) is 20.7 Å². The highest BCUT2D eigenvalue weighted by Gasteiger charge is 2.31. The van der Waals surface area contributed by atoms with Gasteiger partial charge in [-0.1, -0.05) is 47.3 Å². The highest BCUT2D eigenvalue weighted by atomic mass is 16.5. The zero-order chi connectivity index (χ0) is 30.5. The van der Waals surface area contributed by atoms with E-state index in [1.807, 2.05) is 32.0 Å². The van der Waals surface area contributed by atoms with Gasteiger partial charge in [0.15, 0.2) is 11.5 Å². The highest BCUT2D eigenvalue weighted by molar-refractivity contribution is 5.83. The molecule has 0 bridgehead atoms. The quantitative estimate of drug-likeness (QED) is 0.150. The number of rotatable bonds is 20. The number of aliphatic hydroxyl groups excluding tert-OH is 1. The predicted molar refractivity (Wildman–Crippen MR) is 160 cm³/mol. The molecule has 1 rings (SSSR count). The third-order valence-corrected chi connectivity index (χ3v) is 7.75. The zero-order valence-corrected chi connectivity index (χ0v) is 26.0. The first kappa shape index (κ1) is 35.4. The number of primary amides is 1. The van der Waals surface area contributed by atoms with Crippen molar-refractivity contribution in [1.82, 2.24) is 5.32 Å². The monoisotopic (exact) mass is 562 g/mol. The lowest BCUT2D eigenvalue weighted by Crippen LogP contribution is -2.45. The molecule has 0 spiro atoms. The minimum Gasteiger partial charge on any atom is -0.490 e. The van der Waals surface area contributed by atoms with Crippen molar-refractivity contribution < 1.29 is 28.9 Å². The molecule has 8 nitrogen and oxygen atoms in total. The van der Waals surface area contributed by atoms with Crippen molar-refractivity contribution >= 4 is 11.8 Å². The molecule has 2 amide bonds. The fraction of sp³-hybridized carbons (Fsp3) is 0.688. The van der Waals surface area contributed by atoms with Gasteiger partial charge >= 0.3 is 0 Å². The van der Waals surface area contributed by atoms with E-state index in [1.54, 1.807) is 21.0 Å². The maximum absolute atomic E-state index is 13.0. The minimum atomic E-state index is -0.835. The van der Waals surface area contributed by atoms with Crippen molar-refractivity contribution in [2.45, 2.75) is 80.3 Å². The molecule has 228 valence electrons. The van der Waals surface area contributed by atoms with Gasteiger partial charge < -0.3 is 30.4 Å². The molecule has 0 aliphatic carbocycles. The second-order valence-corrected chi connectivity index (χ2v) is 12.3. The fourth-order valence-electron chi connectivity index (χ4n) is 4.59. The van der Waals surface area contributed by atoms with Crippen LogP contribution in [0, 0.1) is 35.0 Å². The zero-order valence-electron chi connectivity index (χ0n) is 26.0. The topological polar surface area (TPSA) is 120 Å². The number of hydrogen-bond donors (Lipinski definition) is 3. The lowest BCUT2D eigenvalue weighted by Gasteiger charge is -2.31. The molecule has 4 N–H and O–H groups in total. The van der Waals surface area contributed by atoms with Gasteiger partial charge in [0.2, 0.25) is 11.8 Å². The van der Waals surface area contributed by atoms with Gasteiger partial charge in [0, 0.05) is 32.6 Å². The Bertz CT molecular complexity index is 930. The summed E-state index contributed by atoms with van der Waals surface area (Å²) in [4.78, 5) is 24.6. The molecule has 40 heavy (non-hydrogen) atoms. The number of methoxy groups -OCH3 is 1. The molecule has 0 saturated heterocycles. The number of benzene rings is 1. The Labute approximate surface area is 242 Å². The average Bonchev–Trinajstić information content (AvgIpc) is 2.88. The average molecular weight is 563 g/mol. The molecule has 0 aliphatic heterocycles. The van der Waals surface area contributed by atoms with E-state index < -0.39 is 17.4 Å². The third-order valence-electron chi connectivity index (χ3n) is 7.75. The minimum absolute atomic E-state index is 0.00310. The number of carbonyl (C=O) groups is 2. The van der Waals surface area contributed by atoms with Gasteiger partial charge in [0.1, 0.15) is 0 Å². The largest absolute Gasteiger partial charge is 0.490 e. The SMILES string of the molecule is C=COc1ccc(CC(CC(C)C(O)CC(C(=O)NCC(C)(C)C(N)=O)C(C)C)C(C)C)cc1OCCCOC. The standard InChI is InChI=1S/C32H54N2O6/c1-10-39-28-13-12-24(18-29(28)40-15-11-14-38-9)17-25(21(2)3)16-23(6)27(35)19-26(22(4)5)30(36)34-20-32(7,8)31(33)37/h10,12-13,18,21-23,25-27,35H,1,11,14-17,19-20H2,2-9H3,(H2,33,37)(H,34,36). The van der Waals surface area contributed by atoms with E-state index in [1.165, 1.54) is 6.26 Å². The molecule has 0 radical (unpaired) electrons. The van der Waals surface area contributed by atoms with E-state index in [-0.39, 0.29) is 30.2 Å². The summed E-state index contributed by atoms with van der Waals surface area (Å²) in [6.07, 6.45) is 3.53. The number of carbonyl (C=O) groups excluding carboxylic acids is 2. The summed E-state index contributed by atoms with van der Waals surface area (Å²) in [6, 6.07) is 5.97. The van der Waals surface area contributed by atoms with Crippen LogP contribution in [0.5, 0.6) is 11.5 Å². The molecule has 4 atom stereocenters. The predicted octanol–water partition coefficient (Wildman–Crippen LogP) is 5.12. The van der Waals surface area contributed by atoms with Crippen molar-refractivity contribution in [2.24, 2.45) is 40.7 Å². The summed E-state index contributed by atoms with van der Waals surface area (Å²) in [7, 11) is 1.67. The number of nitrogens with two attached hydrogens (primary N) is 1. The first-order valence-electron chi connectivity index (χ1n) is 14.5. The third kappa shape index (κ3) is 11.9. The Balaban J connectivity index is 2.91. The number of aliphatic hydroxyl groups is 1. The van der Waals surface area contributed by atoms with Gasteiger partial charge in [-0.25, -0.2) is 0 Å². The molecular weight excluding hydrogens is 508 g/mol. The molecule has 0 fully saturated rings. The summed E-state index contributed by atoms with van der Waals surface area (Å²) >= 11 is 0. The first-order chi connectivity index (χ1) is 18.7. The Morgan fingerprint density at radius 1 is 1.07 bits per heavy atom. The Kier molecular flexibility index (Phi) is 15.3. The molecule has 0 aromatic heterocycles. The molecule has 0 aliphatic rings.